The Balaban J connectivity index is 1.72. The smallest absolute Gasteiger partial charge is 0.213 e. The third kappa shape index (κ3) is 2.30. The molecule has 5 nitrogen and oxygen atoms in total. The lowest BCUT2D eigenvalue weighted by molar-refractivity contribution is 0.328. The van der Waals surface area contributed by atoms with Gasteiger partial charge in [0.2, 0.25) is 6.39 Å². The van der Waals surface area contributed by atoms with Gasteiger partial charge in [-0.1, -0.05) is 5.16 Å². The lowest BCUT2D eigenvalue weighted by Gasteiger charge is -2.14. The van der Waals surface area contributed by atoms with Crippen molar-refractivity contribution in [2.45, 2.75) is 18.9 Å². The van der Waals surface area contributed by atoms with Crippen LogP contribution in [0.4, 0.5) is 0 Å². The van der Waals surface area contributed by atoms with Crippen molar-refractivity contribution < 1.29 is 4.52 Å². The predicted octanol–water partition coefficient (Wildman–Crippen LogP) is -0.0942. The van der Waals surface area contributed by atoms with Gasteiger partial charge in [0.25, 0.3) is 0 Å². The van der Waals surface area contributed by atoms with Gasteiger partial charge in [0.05, 0.1) is 0 Å². The van der Waals surface area contributed by atoms with Crippen LogP contribution in [0.2, 0.25) is 0 Å². The molecule has 0 bridgehead atoms. The molecular weight excluding hydrogens is 180 g/mol. The first-order chi connectivity index (χ1) is 6.88. The fraction of sp³-hybridized carbons (Fsp3) is 0.778. The quantitative estimate of drug-likeness (QED) is 0.729. The van der Waals surface area contributed by atoms with Gasteiger partial charge in [-0.2, -0.15) is 4.98 Å². The van der Waals surface area contributed by atoms with E-state index >= 15 is 0 Å². The van der Waals surface area contributed by atoms with Crippen molar-refractivity contribution in [2.75, 3.05) is 26.7 Å². The van der Waals surface area contributed by atoms with E-state index < -0.39 is 0 Å². The molecule has 1 saturated heterocycles. The maximum atomic E-state index is 4.68. The standard InChI is InChI=1S/C9H16N4O/c1-10-8-2-4-13(6-8)5-3-9-11-7-14-12-9/h7-8,10H,2-6H2,1H3. The second-order valence-corrected chi connectivity index (χ2v) is 3.67. The normalized spacial score (nSPS) is 23.1. The number of nitrogens with zero attached hydrogens (tertiary/aromatic N) is 3. The van der Waals surface area contributed by atoms with Crippen LogP contribution in [0.3, 0.4) is 0 Å². The van der Waals surface area contributed by atoms with Gasteiger partial charge >= 0.3 is 0 Å². The molecule has 14 heavy (non-hydrogen) atoms. The highest BCUT2D eigenvalue weighted by molar-refractivity contribution is 4.84. The van der Waals surface area contributed by atoms with E-state index in [1.807, 2.05) is 7.05 Å². The SMILES string of the molecule is CNC1CCN(CCc2ncon2)C1. The molecule has 0 aliphatic carbocycles. The van der Waals surface area contributed by atoms with Crippen molar-refractivity contribution in [2.24, 2.45) is 0 Å². The molecule has 1 unspecified atom stereocenters. The van der Waals surface area contributed by atoms with Gasteiger partial charge < -0.3 is 14.7 Å². The highest BCUT2D eigenvalue weighted by Crippen LogP contribution is 2.08. The Labute approximate surface area is 83.5 Å². The van der Waals surface area contributed by atoms with Crippen LogP contribution in [0.5, 0.6) is 0 Å². The minimum Gasteiger partial charge on any atom is -0.343 e. The molecule has 0 aromatic carbocycles. The molecule has 1 aliphatic heterocycles. The molecule has 2 rings (SSSR count). The van der Waals surface area contributed by atoms with Crippen LogP contribution in [0.1, 0.15) is 12.2 Å². The molecule has 1 aromatic heterocycles. The molecule has 1 fully saturated rings. The number of hydrogen-bond donors (Lipinski definition) is 1. The number of aromatic nitrogens is 2. The zero-order valence-corrected chi connectivity index (χ0v) is 8.44. The summed E-state index contributed by atoms with van der Waals surface area (Å²) in [6, 6.07) is 0.653. The minimum absolute atomic E-state index is 0.653. The third-order valence-corrected chi connectivity index (χ3v) is 2.74. The number of nitrogens with one attached hydrogen (secondary N) is 1. The van der Waals surface area contributed by atoms with Gasteiger partial charge in [0, 0.05) is 25.6 Å². The van der Waals surface area contributed by atoms with Crippen molar-refractivity contribution in [1.29, 1.82) is 0 Å². The van der Waals surface area contributed by atoms with E-state index in [2.05, 4.69) is 24.9 Å². The Morgan fingerprint density at radius 1 is 1.71 bits per heavy atom. The van der Waals surface area contributed by atoms with Gasteiger partial charge in [0.1, 0.15) is 0 Å². The fourth-order valence-corrected chi connectivity index (χ4v) is 1.83. The molecule has 2 heterocycles. The molecule has 1 atom stereocenters. The van der Waals surface area contributed by atoms with E-state index in [-0.39, 0.29) is 0 Å². The van der Waals surface area contributed by atoms with E-state index in [0.29, 0.717) is 6.04 Å². The molecular formula is C9H16N4O. The summed E-state index contributed by atoms with van der Waals surface area (Å²) < 4.78 is 4.68. The zero-order valence-electron chi connectivity index (χ0n) is 8.44. The van der Waals surface area contributed by atoms with Crippen LogP contribution >= 0.6 is 0 Å². The average molecular weight is 196 g/mol. The molecule has 1 aromatic rings. The van der Waals surface area contributed by atoms with E-state index in [0.717, 1.165) is 25.3 Å². The minimum atomic E-state index is 0.653. The van der Waals surface area contributed by atoms with E-state index in [9.17, 15) is 0 Å². The van der Waals surface area contributed by atoms with Gasteiger partial charge in [-0.05, 0) is 20.0 Å². The van der Waals surface area contributed by atoms with E-state index in [1.54, 1.807) is 0 Å². The summed E-state index contributed by atoms with van der Waals surface area (Å²) in [6.07, 6.45) is 3.51. The lowest BCUT2D eigenvalue weighted by Crippen LogP contribution is -2.30. The van der Waals surface area contributed by atoms with Crippen LogP contribution in [-0.2, 0) is 6.42 Å². The molecule has 1 N–H and O–H groups in total. The summed E-state index contributed by atoms with van der Waals surface area (Å²) in [4.78, 5) is 6.42. The first-order valence-corrected chi connectivity index (χ1v) is 5.03. The summed E-state index contributed by atoms with van der Waals surface area (Å²) in [7, 11) is 2.02. The number of likely N-dealkylation sites (N-methyl/N-ethyl adjacent to an activating group) is 1. The third-order valence-electron chi connectivity index (χ3n) is 2.74. The molecule has 0 saturated carbocycles. The summed E-state index contributed by atoms with van der Waals surface area (Å²) >= 11 is 0. The van der Waals surface area contributed by atoms with Gasteiger partial charge in [-0.25, -0.2) is 0 Å². The molecule has 78 valence electrons. The predicted molar refractivity (Wildman–Crippen MR) is 51.9 cm³/mol. The number of likely N-dealkylation sites (tertiary alicyclic amines) is 1. The van der Waals surface area contributed by atoms with Crippen LogP contribution in [-0.4, -0.2) is 47.8 Å². The van der Waals surface area contributed by atoms with E-state index in [1.165, 1.54) is 19.4 Å². The number of hydrogen-bond acceptors (Lipinski definition) is 5. The summed E-state index contributed by atoms with van der Waals surface area (Å²) in [5.41, 5.74) is 0. The Morgan fingerprint density at radius 3 is 3.29 bits per heavy atom. The van der Waals surface area contributed by atoms with Crippen LogP contribution in [0.15, 0.2) is 10.9 Å². The van der Waals surface area contributed by atoms with Gasteiger partial charge in [-0.15, -0.1) is 0 Å². The Bertz CT molecular complexity index is 262. The highest BCUT2D eigenvalue weighted by atomic mass is 16.5. The van der Waals surface area contributed by atoms with Crippen molar-refractivity contribution in [1.82, 2.24) is 20.4 Å². The zero-order chi connectivity index (χ0) is 9.80. The maximum absolute atomic E-state index is 4.68. The molecule has 1 aliphatic rings. The number of rotatable bonds is 4. The Kier molecular flexibility index (Phi) is 3.10. The van der Waals surface area contributed by atoms with Gasteiger partial charge in [0.15, 0.2) is 5.82 Å². The molecule has 0 spiro atoms. The van der Waals surface area contributed by atoms with Gasteiger partial charge in [-0.3, -0.25) is 0 Å². The van der Waals surface area contributed by atoms with Crippen LogP contribution < -0.4 is 5.32 Å². The first kappa shape index (κ1) is 9.61. The van der Waals surface area contributed by atoms with Crippen molar-refractivity contribution in [3.8, 4) is 0 Å². The summed E-state index contributed by atoms with van der Waals surface area (Å²) in [5, 5.41) is 7.08. The van der Waals surface area contributed by atoms with E-state index in [4.69, 9.17) is 0 Å². The topological polar surface area (TPSA) is 54.2 Å². The van der Waals surface area contributed by atoms with Crippen LogP contribution in [0, 0.1) is 0 Å². The lowest BCUT2D eigenvalue weighted by atomic mass is 10.3. The fourth-order valence-electron chi connectivity index (χ4n) is 1.83. The monoisotopic (exact) mass is 196 g/mol. The molecule has 5 heteroatoms. The Hall–Kier alpha value is -0.940. The summed E-state index contributed by atoms with van der Waals surface area (Å²) in [6.45, 7) is 3.33. The summed E-state index contributed by atoms with van der Waals surface area (Å²) in [5.74, 6) is 0.804. The maximum Gasteiger partial charge on any atom is 0.213 e. The highest BCUT2D eigenvalue weighted by Gasteiger charge is 2.20. The second-order valence-electron chi connectivity index (χ2n) is 3.67. The first-order valence-electron chi connectivity index (χ1n) is 5.03. The molecule has 0 radical (unpaired) electrons. The largest absolute Gasteiger partial charge is 0.343 e. The van der Waals surface area contributed by atoms with Crippen LogP contribution in [0.25, 0.3) is 0 Å². The Morgan fingerprint density at radius 2 is 2.64 bits per heavy atom. The van der Waals surface area contributed by atoms with Crippen molar-refractivity contribution in [3.63, 3.8) is 0 Å². The second kappa shape index (κ2) is 4.52. The van der Waals surface area contributed by atoms with Crippen molar-refractivity contribution in [3.05, 3.63) is 12.2 Å². The van der Waals surface area contributed by atoms with Crippen molar-refractivity contribution >= 4 is 0 Å². The average Bonchev–Trinajstić information content (AvgIpc) is 2.86. The molecule has 0 amide bonds.